The molecule has 0 fully saturated rings. The highest BCUT2D eigenvalue weighted by atomic mass is 15.0. The number of nitrogens with zero attached hydrogens (tertiary/aromatic N) is 4. The minimum Gasteiger partial charge on any atom is -0.294 e. The Balaban J connectivity index is 3.32. The molecule has 0 bridgehead atoms. The third kappa shape index (κ3) is 1.96. The van der Waals surface area contributed by atoms with Crippen LogP contribution >= 0.6 is 0 Å². The zero-order valence-electron chi connectivity index (χ0n) is 8.07. The van der Waals surface area contributed by atoms with E-state index in [0.717, 1.165) is 11.4 Å². The number of hydrogen-bond donors (Lipinski definition) is 0. The molecule has 0 aliphatic carbocycles. The molecule has 0 aliphatic heterocycles. The fourth-order valence-corrected chi connectivity index (χ4v) is 0.934. The second-order valence-electron chi connectivity index (χ2n) is 2.65. The lowest BCUT2D eigenvalue weighted by Gasteiger charge is -2.02. The van der Waals surface area contributed by atoms with E-state index in [2.05, 4.69) is 26.7 Å². The van der Waals surface area contributed by atoms with E-state index in [1.165, 1.54) is 0 Å². The molecule has 1 heterocycles. The van der Waals surface area contributed by atoms with Gasteiger partial charge in [0.1, 0.15) is 5.69 Å². The summed E-state index contributed by atoms with van der Waals surface area (Å²) in [7, 11) is 1.68. The first-order valence-electron chi connectivity index (χ1n) is 3.93. The molecule has 1 aromatic heterocycles. The van der Waals surface area contributed by atoms with Crippen LogP contribution in [-0.4, -0.2) is 29.9 Å². The Morgan fingerprint density at radius 1 is 1.23 bits per heavy atom. The fraction of sp³-hybridized carbons (Fsp3) is 0.333. The average molecular weight is 176 g/mol. The van der Waals surface area contributed by atoms with Gasteiger partial charge in [-0.1, -0.05) is 0 Å². The normalized spacial score (nSPS) is 10.7. The molecule has 0 radical (unpaired) electrons. The van der Waals surface area contributed by atoms with Crippen molar-refractivity contribution < 1.29 is 0 Å². The Morgan fingerprint density at radius 3 is 2.38 bits per heavy atom. The van der Waals surface area contributed by atoms with Gasteiger partial charge in [-0.3, -0.25) is 4.99 Å². The van der Waals surface area contributed by atoms with Crippen molar-refractivity contribution in [3.05, 3.63) is 17.1 Å². The van der Waals surface area contributed by atoms with Crippen molar-refractivity contribution in [1.29, 1.82) is 0 Å². The molecule has 13 heavy (non-hydrogen) atoms. The molecule has 0 aliphatic rings. The van der Waals surface area contributed by atoms with Crippen LogP contribution in [0, 0.1) is 13.8 Å². The summed E-state index contributed by atoms with van der Waals surface area (Å²) in [4.78, 5) is 16.2. The summed E-state index contributed by atoms with van der Waals surface area (Å²) in [5.41, 5.74) is 2.43. The maximum Gasteiger partial charge on any atom is 0.179 e. The van der Waals surface area contributed by atoms with Crippen molar-refractivity contribution >= 4 is 18.7 Å². The smallest absolute Gasteiger partial charge is 0.179 e. The third-order valence-electron chi connectivity index (χ3n) is 1.72. The second-order valence-corrected chi connectivity index (χ2v) is 2.65. The number of aryl methyl sites for hydroxylation is 2. The molecule has 1 rings (SSSR count). The van der Waals surface area contributed by atoms with Gasteiger partial charge >= 0.3 is 0 Å². The first-order valence-corrected chi connectivity index (χ1v) is 3.93. The van der Waals surface area contributed by atoms with Crippen LogP contribution in [0.1, 0.15) is 17.1 Å². The van der Waals surface area contributed by atoms with Crippen LogP contribution in [0.3, 0.4) is 0 Å². The Bertz CT molecular complexity index is 355. The van der Waals surface area contributed by atoms with E-state index in [0.29, 0.717) is 11.5 Å². The summed E-state index contributed by atoms with van der Waals surface area (Å²) in [6.45, 7) is 7.23. The summed E-state index contributed by atoms with van der Waals surface area (Å²) in [6.07, 6.45) is 1.63. The zero-order chi connectivity index (χ0) is 9.84. The number of hydrogen-bond acceptors (Lipinski definition) is 4. The molecule has 0 spiro atoms. The minimum absolute atomic E-state index is 0.536. The van der Waals surface area contributed by atoms with Crippen molar-refractivity contribution in [2.45, 2.75) is 13.8 Å². The van der Waals surface area contributed by atoms with Gasteiger partial charge in [0, 0.05) is 7.05 Å². The summed E-state index contributed by atoms with van der Waals surface area (Å²) in [5, 5.41) is 0. The summed E-state index contributed by atoms with van der Waals surface area (Å²) >= 11 is 0. The van der Waals surface area contributed by atoms with E-state index in [9.17, 15) is 0 Å². The van der Waals surface area contributed by atoms with Crippen molar-refractivity contribution in [3.63, 3.8) is 0 Å². The quantitative estimate of drug-likeness (QED) is 0.641. The Labute approximate surface area is 77.5 Å². The van der Waals surface area contributed by atoms with Crippen LogP contribution in [0.15, 0.2) is 9.98 Å². The van der Waals surface area contributed by atoms with Crippen molar-refractivity contribution in [2.75, 3.05) is 7.05 Å². The van der Waals surface area contributed by atoms with Gasteiger partial charge < -0.3 is 0 Å². The first-order chi connectivity index (χ1) is 6.19. The van der Waals surface area contributed by atoms with Gasteiger partial charge in [0.25, 0.3) is 0 Å². The van der Waals surface area contributed by atoms with E-state index in [1.54, 1.807) is 13.3 Å². The van der Waals surface area contributed by atoms with Crippen molar-refractivity contribution in [2.24, 2.45) is 9.98 Å². The molecule has 4 nitrogen and oxygen atoms in total. The number of aromatic nitrogens is 2. The minimum atomic E-state index is 0.536. The molecule has 0 saturated carbocycles. The van der Waals surface area contributed by atoms with Gasteiger partial charge in [0.2, 0.25) is 0 Å². The van der Waals surface area contributed by atoms with E-state index in [4.69, 9.17) is 0 Å². The number of rotatable bonds is 2. The van der Waals surface area contributed by atoms with Crippen LogP contribution in [-0.2, 0) is 0 Å². The molecule has 0 saturated heterocycles. The predicted octanol–water partition coefficient (Wildman–Crippen LogP) is 1.47. The summed E-state index contributed by atoms with van der Waals surface area (Å²) in [6, 6.07) is 0. The lowest BCUT2D eigenvalue weighted by molar-refractivity contribution is 1.03. The lowest BCUT2D eigenvalue weighted by Crippen LogP contribution is -1.98. The largest absolute Gasteiger partial charge is 0.294 e. The maximum absolute atomic E-state index is 4.29. The fourth-order valence-electron chi connectivity index (χ4n) is 0.934. The Hall–Kier alpha value is -1.58. The van der Waals surface area contributed by atoms with E-state index < -0.39 is 0 Å². The molecule has 0 aromatic carbocycles. The summed E-state index contributed by atoms with van der Waals surface area (Å²) in [5.74, 6) is 0.536. The van der Waals surface area contributed by atoms with Crippen LogP contribution in [0.4, 0.5) is 5.82 Å². The van der Waals surface area contributed by atoms with Gasteiger partial charge in [0.05, 0.1) is 17.6 Å². The van der Waals surface area contributed by atoms with Crippen LogP contribution in [0.25, 0.3) is 0 Å². The first kappa shape index (κ1) is 9.51. The predicted molar refractivity (Wildman–Crippen MR) is 54.2 cm³/mol. The Morgan fingerprint density at radius 2 is 1.85 bits per heavy atom. The molecule has 0 N–H and O–H groups in total. The second kappa shape index (κ2) is 3.89. The molecule has 0 atom stereocenters. The van der Waals surface area contributed by atoms with E-state index in [-0.39, 0.29) is 0 Å². The maximum atomic E-state index is 4.29. The molecule has 1 aromatic rings. The van der Waals surface area contributed by atoms with Crippen molar-refractivity contribution in [3.8, 4) is 0 Å². The Kier molecular flexibility index (Phi) is 2.84. The standard InChI is InChI=1S/C9H12N4/c1-6-7(2)13-9(11-4)8(12-6)5-10-3/h5H,4H2,1-3H3. The topological polar surface area (TPSA) is 50.5 Å². The van der Waals surface area contributed by atoms with Gasteiger partial charge in [-0.15, -0.1) is 0 Å². The zero-order valence-corrected chi connectivity index (χ0v) is 8.07. The molecular formula is C9H12N4. The monoisotopic (exact) mass is 176 g/mol. The lowest BCUT2D eigenvalue weighted by atomic mass is 10.3. The van der Waals surface area contributed by atoms with Crippen molar-refractivity contribution in [1.82, 2.24) is 9.97 Å². The average Bonchev–Trinajstić information content (AvgIpc) is 2.11. The molecule has 68 valence electrons. The van der Waals surface area contributed by atoms with Gasteiger partial charge in [-0.25, -0.2) is 15.0 Å². The van der Waals surface area contributed by atoms with E-state index in [1.807, 2.05) is 13.8 Å². The molecule has 0 unspecified atom stereocenters. The van der Waals surface area contributed by atoms with Crippen LogP contribution in [0.5, 0.6) is 0 Å². The highest BCUT2D eigenvalue weighted by molar-refractivity contribution is 5.83. The summed E-state index contributed by atoms with van der Waals surface area (Å²) < 4.78 is 0. The highest BCUT2D eigenvalue weighted by Crippen LogP contribution is 2.13. The molecular weight excluding hydrogens is 164 g/mol. The number of aliphatic imine (C=N–C) groups is 2. The van der Waals surface area contributed by atoms with Gasteiger partial charge in [-0.2, -0.15) is 0 Å². The molecule has 4 heteroatoms. The van der Waals surface area contributed by atoms with Gasteiger partial charge in [0.15, 0.2) is 5.82 Å². The highest BCUT2D eigenvalue weighted by Gasteiger charge is 2.04. The SMILES string of the molecule is C=Nc1nc(C)c(C)nc1C=NC. The van der Waals surface area contributed by atoms with Crippen LogP contribution in [0.2, 0.25) is 0 Å². The van der Waals surface area contributed by atoms with E-state index >= 15 is 0 Å². The van der Waals surface area contributed by atoms with Gasteiger partial charge in [-0.05, 0) is 20.6 Å². The third-order valence-corrected chi connectivity index (χ3v) is 1.72. The van der Waals surface area contributed by atoms with Crippen LogP contribution < -0.4 is 0 Å². The molecule has 0 amide bonds.